The molecule has 0 unspecified atom stereocenters. The molecule has 0 saturated heterocycles. The molecule has 3 aromatic heterocycles. The summed E-state index contributed by atoms with van der Waals surface area (Å²) in [6, 6.07) is 10.7. The highest BCUT2D eigenvalue weighted by Crippen LogP contribution is 2.43. The first-order valence-electron chi connectivity index (χ1n) is 8.56. The molecule has 6 nitrogen and oxygen atoms in total. The standard InChI is InChI=1S/C19H16FN5O/c20-15-6-2-1-4-13(15)16(11-7-8-11)23-19-25-24-18(26-19)14-10-22-17-12(14)5-3-9-21-17/h1-6,9-11,16H,7-8H2,(H,21,22)(H,23,25)/t16-/m1/s1. The van der Waals surface area contributed by atoms with Crippen LogP contribution >= 0.6 is 0 Å². The predicted octanol–water partition coefficient (Wildman–Crippen LogP) is 4.32. The number of benzene rings is 1. The highest BCUT2D eigenvalue weighted by atomic mass is 19.1. The molecule has 0 aliphatic heterocycles. The molecular formula is C19H16FN5O. The van der Waals surface area contributed by atoms with Crippen LogP contribution in [0, 0.1) is 11.7 Å². The SMILES string of the molecule is Fc1ccccc1[C@H](Nc1nnc(-c2c[nH]c3ncccc23)o1)C1CC1. The summed E-state index contributed by atoms with van der Waals surface area (Å²) < 4.78 is 20.0. The molecule has 0 spiro atoms. The van der Waals surface area contributed by atoms with Crippen LogP contribution in [0.15, 0.2) is 53.2 Å². The number of hydrogen-bond donors (Lipinski definition) is 2. The van der Waals surface area contributed by atoms with E-state index < -0.39 is 0 Å². The second-order valence-corrected chi connectivity index (χ2v) is 6.50. The van der Waals surface area contributed by atoms with Crippen LogP contribution in [0.3, 0.4) is 0 Å². The lowest BCUT2D eigenvalue weighted by Crippen LogP contribution is -2.14. The van der Waals surface area contributed by atoms with Gasteiger partial charge in [0.1, 0.15) is 11.5 Å². The zero-order valence-electron chi connectivity index (χ0n) is 13.8. The maximum atomic E-state index is 14.2. The smallest absolute Gasteiger partial charge is 0.316 e. The fourth-order valence-electron chi connectivity index (χ4n) is 3.26. The molecule has 3 heterocycles. The van der Waals surface area contributed by atoms with Crippen LogP contribution in [0.2, 0.25) is 0 Å². The Bertz CT molecular complexity index is 1070. The van der Waals surface area contributed by atoms with Crippen LogP contribution in [0.1, 0.15) is 24.4 Å². The van der Waals surface area contributed by atoms with Gasteiger partial charge < -0.3 is 14.7 Å². The summed E-state index contributed by atoms with van der Waals surface area (Å²) in [5.41, 5.74) is 2.19. The van der Waals surface area contributed by atoms with Crippen molar-refractivity contribution in [1.82, 2.24) is 20.2 Å². The topological polar surface area (TPSA) is 79.6 Å². The number of nitrogens with one attached hydrogen (secondary N) is 2. The van der Waals surface area contributed by atoms with Crippen molar-refractivity contribution in [2.75, 3.05) is 5.32 Å². The summed E-state index contributed by atoms with van der Waals surface area (Å²) in [4.78, 5) is 7.35. The van der Waals surface area contributed by atoms with Crippen molar-refractivity contribution in [2.45, 2.75) is 18.9 Å². The van der Waals surface area contributed by atoms with E-state index in [-0.39, 0.29) is 11.9 Å². The van der Waals surface area contributed by atoms with Crippen molar-refractivity contribution in [2.24, 2.45) is 5.92 Å². The number of H-pyrrole nitrogens is 1. The number of anilines is 1. The molecule has 1 aromatic carbocycles. The van der Waals surface area contributed by atoms with Crippen LogP contribution in [-0.2, 0) is 0 Å². The second kappa shape index (κ2) is 5.94. The lowest BCUT2D eigenvalue weighted by Gasteiger charge is -2.17. The average Bonchev–Trinajstić information content (AvgIpc) is 3.25. The Balaban J connectivity index is 1.45. The molecule has 1 saturated carbocycles. The van der Waals surface area contributed by atoms with E-state index in [1.165, 1.54) is 6.07 Å². The van der Waals surface area contributed by atoms with Gasteiger partial charge >= 0.3 is 6.01 Å². The van der Waals surface area contributed by atoms with E-state index in [2.05, 4.69) is 25.5 Å². The Morgan fingerprint density at radius 2 is 2.04 bits per heavy atom. The third-order valence-corrected chi connectivity index (χ3v) is 4.72. The number of aromatic nitrogens is 4. The van der Waals surface area contributed by atoms with Crippen LogP contribution in [0.25, 0.3) is 22.5 Å². The van der Waals surface area contributed by atoms with Crippen molar-refractivity contribution in [3.63, 3.8) is 0 Å². The number of rotatable bonds is 5. The van der Waals surface area contributed by atoms with E-state index in [1.54, 1.807) is 24.5 Å². The molecule has 1 aliphatic rings. The number of pyridine rings is 1. The van der Waals surface area contributed by atoms with Gasteiger partial charge in [0.25, 0.3) is 5.89 Å². The molecule has 2 N–H and O–H groups in total. The molecule has 5 rings (SSSR count). The summed E-state index contributed by atoms with van der Waals surface area (Å²) in [6.45, 7) is 0. The first-order chi connectivity index (χ1) is 12.8. The molecule has 1 fully saturated rings. The fourth-order valence-corrected chi connectivity index (χ4v) is 3.26. The van der Waals surface area contributed by atoms with E-state index in [9.17, 15) is 4.39 Å². The Hall–Kier alpha value is -3.22. The van der Waals surface area contributed by atoms with Crippen molar-refractivity contribution in [3.8, 4) is 11.5 Å². The summed E-state index contributed by atoms with van der Waals surface area (Å²) in [5.74, 6) is 0.550. The van der Waals surface area contributed by atoms with Gasteiger partial charge in [-0.2, -0.15) is 0 Å². The quantitative estimate of drug-likeness (QED) is 0.561. The zero-order chi connectivity index (χ0) is 17.5. The van der Waals surface area contributed by atoms with Gasteiger partial charge in [-0.15, -0.1) is 5.10 Å². The van der Waals surface area contributed by atoms with Gasteiger partial charge in [-0.05, 0) is 37.0 Å². The average molecular weight is 349 g/mol. The first-order valence-corrected chi connectivity index (χ1v) is 8.56. The van der Waals surface area contributed by atoms with Crippen LogP contribution < -0.4 is 5.32 Å². The third kappa shape index (κ3) is 2.61. The molecule has 1 aliphatic carbocycles. The van der Waals surface area contributed by atoms with Gasteiger partial charge in [0.15, 0.2) is 0 Å². The highest BCUT2D eigenvalue weighted by molar-refractivity contribution is 5.90. The normalized spacial score (nSPS) is 15.3. The third-order valence-electron chi connectivity index (χ3n) is 4.72. The summed E-state index contributed by atoms with van der Waals surface area (Å²) in [6.07, 6.45) is 5.63. The molecule has 0 radical (unpaired) electrons. The van der Waals surface area contributed by atoms with Crippen molar-refractivity contribution in [1.29, 1.82) is 0 Å². The van der Waals surface area contributed by atoms with Crippen molar-refractivity contribution < 1.29 is 8.81 Å². The van der Waals surface area contributed by atoms with Gasteiger partial charge in [0.2, 0.25) is 0 Å². The van der Waals surface area contributed by atoms with Gasteiger partial charge in [-0.3, -0.25) is 0 Å². The highest BCUT2D eigenvalue weighted by Gasteiger charge is 2.34. The Morgan fingerprint density at radius 1 is 1.15 bits per heavy atom. The van der Waals surface area contributed by atoms with Crippen molar-refractivity contribution >= 4 is 17.0 Å². The Kier molecular flexibility index (Phi) is 3.44. The number of fused-ring (bicyclic) bond motifs is 1. The largest absolute Gasteiger partial charge is 0.403 e. The molecule has 4 aromatic rings. The van der Waals surface area contributed by atoms with Gasteiger partial charge in [-0.1, -0.05) is 23.3 Å². The van der Waals surface area contributed by atoms with E-state index >= 15 is 0 Å². The number of halogens is 1. The monoisotopic (exact) mass is 349 g/mol. The van der Waals surface area contributed by atoms with Crippen LogP contribution in [0.5, 0.6) is 0 Å². The van der Waals surface area contributed by atoms with Gasteiger partial charge in [0, 0.05) is 23.3 Å². The molecule has 1 atom stereocenters. The second-order valence-electron chi connectivity index (χ2n) is 6.50. The van der Waals surface area contributed by atoms with Crippen molar-refractivity contribution in [3.05, 3.63) is 60.2 Å². The molecular weight excluding hydrogens is 333 g/mol. The van der Waals surface area contributed by atoms with E-state index in [1.807, 2.05) is 18.2 Å². The number of nitrogens with zero attached hydrogens (tertiary/aromatic N) is 3. The zero-order valence-corrected chi connectivity index (χ0v) is 13.8. The Morgan fingerprint density at radius 3 is 2.88 bits per heavy atom. The lowest BCUT2D eigenvalue weighted by atomic mass is 10.0. The fraction of sp³-hybridized carbons (Fsp3) is 0.211. The van der Waals surface area contributed by atoms with Gasteiger partial charge in [-0.25, -0.2) is 9.37 Å². The maximum Gasteiger partial charge on any atom is 0.316 e. The minimum atomic E-state index is -0.223. The summed E-state index contributed by atoms with van der Waals surface area (Å²) >= 11 is 0. The molecule has 7 heteroatoms. The van der Waals surface area contributed by atoms with Gasteiger partial charge in [0.05, 0.1) is 11.6 Å². The molecule has 130 valence electrons. The van der Waals surface area contributed by atoms with E-state index in [4.69, 9.17) is 4.42 Å². The first kappa shape index (κ1) is 15.1. The van der Waals surface area contributed by atoms with E-state index in [0.717, 1.165) is 29.4 Å². The molecule has 26 heavy (non-hydrogen) atoms. The summed E-state index contributed by atoms with van der Waals surface area (Å²) in [7, 11) is 0. The Labute approximate surface area is 148 Å². The van der Waals surface area contributed by atoms with Crippen LogP contribution in [0.4, 0.5) is 10.4 Å². The lowest BCUT2D eigenvalue weighted by molar-refractivity contribution is 0.536. The maximum absolute atomic E-state index is 14.2. The minimum absolute atomic E-state index is 0.172. The summed E-state index contributed by atoms with van der Waals surface area (Å²) in [5, 5.41) is 12.4. The number of hydrogen-bond acceptors (Lipinski definition) is 5. The van der Waals surface area contributed by atoms with Crippen LogP contribution in [-0.4, -0.2) is 20.2 Å². The number of aromatic amines is 1. The molecule has 0 amide bonds. The molecule has 0 bridgehead atoms. The van der Waals surface area contributed by atoms with E-state index in [0.29, 0.717) is 23.4 Å². The minimum Gasteiger partial charge on any atom is -0.403 e. The predicted molar refractivity (Wildman–Crippen MR) is 94.9 cm³/mol.